The van der Waals surface area contributed by atoms with Gasteiger partial charge in [0.1, 0.15) is 0 Å². The first-order chi connectivity index (χ1) is 6.42. The lowest BCUT2D eigenvalue weighted by Crippen LogP contribution is -2.03. The molecule has 0 aliphatic carbocycles. The highest BCUT2D eigenvalue weighted by Gasteiger charge is 2.03. The second-order valence-corrected chi connectivity index (χ2v) is 2.78. The maximum Gasteiger partial charge on any atom is 0.167 e. The van der Waals surface area contributed by atoms with E-state index in [1.165, 1.54) is 0 Å². The van der Waals surface area contributed by atoms with E-state index in [-0.39, 0.29) is 0 Å². The average molecular weight is 178 g/mol. The smallest absolute Gasteiger partial charge is 0.167 e. The molecule has 2 rings (SSSR count). The van der Waals surface area contributed by atoms with E-state index in [1.807, 2.05) is 18.2 Å². The van der Waals surface area contributed by atoms with Crippen molar-refractivity contribution in [2.24, 2.45) is 5.90 Å². The minimum absolute atomic E-state index is 0.504. The molecule has 4 nitrogen and oxygen atoms in total. The zero-order chi connectivity index (χ0) is 9.10. The SMILES string of the molecule is NOCCc1cccc2oncc12. The van der Waals surface area contributed by atoms with Gasteiger partial charge in [0.25, 0.3) is 0 Å². The van der Waals surface area contributed by atoms with E-state index in [9.17, 15) is 0 Å². The topological polar surface area (TPSA) is 61.3 Å². The molecule has 0 bridgehead atoms. The number of aromatic nitrogens is 1. The zero-order valence-corrected chi connectivity index (χ0v) is 7.06. The molecule has 1 aromatic heterocycles. The Bertz CT molecular complexity index is 397. The number of nitrogens with two attached hydrogens (primary N) is 1. The van der Waals surface area contributed by atoms with Crippen molar-refractivity contribution in [3.8, 4) is 0 Å². The van der Waals surface area contributed by atoms with Gasteiger partial charge in [-0.2, -0.15) is 0 Å². The van der Waals surface area contributed by atoms with Crippen LogP contribution in [0.5, 0.6) is 0 Å². The summed E-state index contributed by atoms with van der Waals surface area (Å²) in [7, 11) is 0. The van der Waals surface area contributed by atoms with Crippen molar-refractivity contribution in [2.45, 2.75) is 6.42 Å². The predicted octanol–water partition coefficient (Wildman–Crippen LogP) is 1.26. The minimum Gasteiger partial charge on any atom is -0.356 e. The molecule has 4 heteroatoms. The maximum absolute atomic E-state index is 5.02. The molecule has 0 atom stereocenters. The number of hydrogen-bond acceptors (Lipinski definition) is 4. The summed E-state index contributed by atoms with van der Waals surface area (Å²) in [6, 6.07) is 5.83. The summed E-state index contributed by atoms with van der Waals surface area (Å²) in [5, 5.41) is 4.75. The lowest BCUT2D eigenvalue weighted by molar-refractivity contribution is 0.141. The molecule has 2 aromatic rings. The van der Waals surface area contributed by atoms with E-state index >= 15 is 0 Å². The van der Waals surface area contributed by atoms with Crippen molar-refractivity contribution in [3.63, 3.8) is 0 Å². The molecular formula is C9H10N2O2. The quantitative estimate of drug-likeness (QED) is 0.719. The van der Waals surface area contributed by atoms with Crippen molar-refractivity contribution in [3.05, 3.63) is 30.0 Å². The van der Waals surface area contributed by atoms with E-state index in [1.54, 1.807) is 6.20 Å². The first kappa shape index (κ1) is 8.22. The van der Waals surface area contributed by atoms with Gasteiger partial charge in [-0.05, 0) is 18.1 Å². The first-order valence-corrected chi connectivity index (χ1v) is 4.06. The van der Waals surface area contributed by atoms with Crippen LogP contribution in [0.25, 0.3) is 11.0 Å². The second kappa shape index (κ2) is 3.55. The Morgan fingerprint density at radius 2 is 2.38 bits per heavy atom. The molecule has 0 spiro atoms. The highest BCUT2D eigenvalue weighted by atomic mass is 16.6. The lowest BCUT2D eigenvalue weighted by atomic mass is 10.1. The fourth-order valence-corrected chi connectivity index (χ4v) is 1.34. The van der Waals surface area contributed by atoms with Gasteiger partial charge in [-0.15, -0.1) is 0 Å². The summed E-state index contributed by atoms with van der Waals surface area (Å²) in [6.07, 6.45) is 2.48. The Labute approximate surface area is 75.2 Å². The summed E-state index contributed by atoms with van der Waals surface area (Å²) < 4.78 is 5.02. The summed E-state index contributed by atoms with van der Waals surface area (Å²) in [5.41, 5.74) is 1.94. The molecule has 2 N–H and O–H groups in total. The molecule has 0 amide bonds. The Morgan fingerprint density at radius 3 is 3.23 bits per heavy atom. The van der Waals surface area contributed by atoms with Crippen LogP contribution in [0.2, 0.25) is 0 Å². The van der Waals surface area contributed by atoms with Gasteiger partial charge in [-0.25, -0.2) is 5.90 Å². The average Bonchev–Trinajstić information content (AvgIpc) is 2.62. The summed E-state index contributed by atoms with van der Waals surface area (Å²) in [6.45, 7) is 0.504. The highest BCUT2D eigenvalue weighted by molar-refractivity contribution is 5.79. The van der Waals surface area contributed by atoms with E-state index in [0.717, 1.165) is 23.0 Å². The van der Waals surface area contributed by atoms with Gasteiger partial charge in [-0.3, -0.25) is 0 Å². The number of rotatable bonds is 3. The number of hydrogen-bond donors (Lipinski definition) is 1. The van der Waals surface area contributed by atoms with Gasteiger partial charge in [0.2, 0.25) is 0 Å². The molecule has 1 aromatic carbocycles. The molecule has 68 valence electrons. The molecule has 0 saturated heterocycles. The van der Waals surface area contributed by atoms with Crippen LogP contribution in [0, 0.1) is 0 Å². The Hall–Kier alpha value is -1.39. The Balaban J connectivity index is 2.37. The van der Waals surface area contributed by atoms with Gasteiger partial charge in [-0.1, -0.05) is 17.3 Å². The summed E-state index contributed by atoms with van der Waals surface area (Å²) in [4.78, 5) is 4.52. The highest BCUT2D eigenvalue weighted by Crippen LogP contribution is 2.18. The van der Waals surface area contributed by atoms with Crippen molar-refractivity contribution in [1.82, 2.24) is 5.16 Å². The molecule has 13 heavy (non-hydrogen) atoms. The minimum atomic E-state index is 0.504. The van der Waals surface area contributed by atoms with Crippen LogP contribution in [0.3, 0.4) is 0 Å². The molecule has 0 aliphatic rings. The largest absolute Gasteiger partial charge is 0.356 e. The third kappa shape index (κ3) is 1.54. The fraction of sp³-hybridized carbons (Fsp3) is 0.222. The molecular weight excluding hydrogens is 168 g/mol. The second-order valence-electron chi connectivity index (χ2n) is 2.78. The van der Waals surface area contributed by atoms with Crippen LogP contribution >= 0.6 is 0 Å². The van der Waals surface area contributed by atoms with Gasteiger partial charge >= 0.3 is 0 Å². The zero-order valence-electron chi connectivity index (χ0n) is 7.06. The Morgan fingerprint density at radius 1 is 1.46 bits per heavy atom. The van der Waals surface area contributed by atoms with Gasteiger partial charge in [0.05, 0.1) is 12.8 Å². The van der Waals surface area contributed by atoms with Crippen molar-refractivity contribution < 1.29 is 9.36 Å². The van der Waals surface area contributed by atoms with Gasteiger partial charge < -0.3 is 9.36 Å². The summed E-state index contributed by atoms with van der Waals surface area (Å²) >= 11 is 0. The third-order valence-corrected chi connectivity index (χ3v) is 1.98. The molecule has 0 radical (unpaired) electrons. The fourth-order valence-electron chi connectivity index (χ4n) is 1.34. The van der Waals surface area contributed by atoms with Crippen LogP contribution in [-0.4, -0.2) is 11.8 Å². The predicted molar refractivity (Wildman–Crippen MR) is 47.9 cm³/mol. The van der Waals surface area contributed by atoms with Crippen molar-refractivity contribution in [2.75, 3.05) is 6.61 Å². The Kier molecular flexibility index (Phi) is 2.25. The summed E-state index contributed by atoms with van der Waals surface area (Å²) in [5.74, 6) is 4.96. The first-order valence-electron chi connectivity index (χ1n) is 4.06. The molecule has 0 fully saturated rings. The molecule has 0 saturated carbocycles. The molecule has 0 unspecified atom stereocenters. The van der Waals surface area contributed by atoms with Crippen LogP contribution < -0.4 is 5.90 Å². The van der Waals surface area contributed by atoms with Gasteiger partial charge in [0.15, 0.2) is 5.58 Å². The van der Waals surface area contributed by atoms with Crippen LogP contribution in [0.1, 0.15) is 5.56 Å². The van der Waals surface area contributed by atoms with Gasteiger partial charge in [0, 0.05) is 5.39 Å². The van der Waals surface area contributed by atoms with E-state index in [2.05, 4.69) is 9.99 Å². The number of fused-ring (bicyclic) bond motifs is 1. The number of benzene rings is 1. The van der Waals surface area contributed by atoms with Crippen molar-refractivity contribution >= 4 is 11.0 Å². The molecule has 0 aliphatic heterocycles. The standard InChI is InChI=1S/C9H10N2O2/c10-12-5-4-7-2-1-3-9-8(7)6-11-13-9/h1-3,6H,4-5,10H2. The third-order valence-electron chi connectivity index (χ3n) is 1.98. The van der Waals surface area contributed by atoms with Crippen LogP contribution in [0.15, 0.2) is 28.9 Å². The van der Waals surface area contributed by atoms with E-state index in [0.29, 0.717) is 6.61 Å². The van der Waals surface area contributed by atoms with Crippen LogP contribution in [-0.2, 0) is 11.3 Å². The molecule has 1 heterocycles. The normalized spacial score (nSPS) is 10.8. The monoisotopic (exact) mass is 178 g/mol. The maximum atomic E-state index is 5.02. The van der Waals surface area contributed by atoms with Crippen molar-refractivity contribution in [1.29, 1.82) is 0 Å². The van der Waals surface area contributed by atoms with E-state index < -0.39 is 0 Å². The lowest BCUT2D eigenvalue weighted by Gasteiger charge is -1.99. The van der Waals surface area contributed by atoms with Crippen LogP contribution in [0.4, 0.5) is 0 Å². The van der Waals surface area contributed by atoms with E-state index in [4.69, 9.17) is 10.4 Å². The number of nitrogens with zero attached hydrogens (tertiary/aromatic N) is 1.